The van der Waals surface area contributed by atoms with Crippen molar-refractivity contribution in [1.82, 2.24) is 4.57 Å². The van der Waals surface area contributed by atoms with Gasteiger partial charge < -0.3 is 9.67 Å². The van der Waals surface area contributed by atoms with Crippen molar-refractivity contribution in [2.24, 2.45) is 0 Å². The van der Waals surface area contributed by atoms with Gasteiger partial charge in [-0.25, -0.2) is 4.79 Å². The molecule has 0 spiro atoms. The van der Waals surface area contributed by atoms with E-state index in [1.807, 2.05) is 24.3 Å². The summed E-state index contributed by atoms with van der Waals surface area (Å²) in [6, 6.07) is 10.8. The number of aromatic carboxylic acids is 1. The van der Waals surface area contributed by atoms with Gasteiger partial charge in [0.15, 0.2) is 0 Å². The van der Waals surface area contributed by atoms with E-state index < -0.39 is 5.97 Å². The van der Waals surface area contributed by atoms with E-state index in [0.29, 0.717) is 0 Å². The first-order chi connectivity index (χ1) is 7.18. The summed E-state index contributed by atoms with van der Waals surface area (Å²) in [5.74, 6) is -0.928. The highest BCUT2D eigenvalue weighted by Crippen LogP contribution is 2.16. The summed E-state index contributed by atoms with van der Waals surface area (Å²) in [5.41, 5.74) is 1.10. The van der Waals surface area contributed by atoms with Crippen molar-refractivity contribution in [2.45, 2.75) is 0 Å². The Bertz CT molecular complexity index is 488. The van der Waals surface area contributed by atoms with Gasteiger partial charge in [-0.2, -0.15) is 0 Å². The largest absolute Gasteiger partial charge is 0.477 e. The van der Waals surface area contributed by atoms with E-state index in [2.05, 4.69) is 15.9 Å². The third kappa shape index (κ3) is 1.94. The Hall–Kier alpha value is -1.55. The van der Waals surface area contributed by atoms with Crippen molar-refractivity contribution in [3.8, 4) is 5.69 Å². The second kappa shape index (κ2) is 3.90. The van der Waals surface area contributed by atoms with E-state index in [1.165, 1.54) is 0 Å². The highest BCUT2D eigenvalue weighted by molar-refractivity contribution is 9.10. The maximum absolute atomic E-state index is 10.9. The molecule has 2 rings (SSSR count). The zero-order valence-corrected chi connectivity index (χ0v) is 9.31. The van der Waals surface area contributed by atoms with Crippen LogP contribution in [0.3, 0.4) is 0 Å². The van der Waals surface area contributed by atoms with Crippen LogP contribution in [-0.2, 0) is 0 Å². The average molecular weight is 266 g/mol. The van der Waals surface area contributed by atoms with E-state index in [4.69, 9.17) is 5.11 Å². The van der Waals surface area contributed by atoms with Crippen molar-refractivity contribution in [3.05, 3.63) is 52.8 Å². The van der Waals surface area contributed by atoms with Gasteiger partial charge in [-0.1, -0.05) is 15.9 Å². The van der Waals surface area contributed by atoms with Crippen molar-refractivity contribution in [1.29, 1.82) is 0 Å². The first-order valence-corrected chi connectivity index (χ1v) is 5.14. The molecule has 0 saturated heterocycles. The van der Waals surface area contributed by atoms with E-state index in [1.54, 1.807) is 22.9 Å². The Kier molecular flexibility index (Phi) is 2.60. The van der Waals surface area contributed by atoms with Crippen LogP contribution in [0.5, 0.6) is 0 Å². The van der Waals surface area contributed by atoms with Crippen LogP contribution in [0.1, 0.15) is 10.5 Å². The van der Waals surface area contributed by atoms with Crippen molar-refractivity contribution in [2.75, 3.05) is 0 Å². The monoisotopic (exact) mass is 265 g/mol. The van der Waals surface area contributed by atoms with Crippen molar-refractivity contribution < 1.29 is 9.90 Å². The minimum Gasteiger partial charge on any atom is -0.477 e. The number of carbonyl (C=O) groups is 1. The Morgan fingerprint density at radius 3 is 2.47 bits per heavy atom. The number of halogens is 1. The minimum absolute atomic E-state index is 0.261. The molecule has 1 N–H and O–H groups in total. The Balaban J connectivity index is 2.49. The minimum atomic E-state index is -0.928. The number of benzene rings is 1. The summed E-state index contributed by atoms with van der Waals surface area (Å²) < 4.78 is 2.60. The van der Waals surface area contributed by atoms with Gasteiger partial charge in [0.25, 0.3) is 0 Å². The molecule has 0 aliphatic heterocycles. The lowest BCUT2D eigenvalue weighted by molar-refractivity contribution is 0.0688. The third-order valence-electron chi connectivity index (χ3n) is 2.07. The molecule has 0 bridgehead atoms. The second-order valence-corrected chi connectivity index (χ2v) is 3.96. The van der Waals surface area contributed by atoms with Gasteiger partial charge in [0, 0.05) is 16.4 Å². The molecule has 0 aliphatic carbocycles. The number of carboxylic acid groups (broad SMARTS) is 1. The Labute approximate surface area is 95.1 Å². The molecular formula is C11H8BrNO2. The highest BCUT2D eigenvalue weighted by atomic mass is 79.9. The fourth-order valence-corrected chi connectivity index (χ4v) is 1.65. The lowest BCUT2D eigenvalue weighted by Crippen LogP contribution is -2.05. The Morgan fingerprint density at radius 2 is 1.87 bits per heavy atom. The van der Waals surface area contributed by atoms with Crippen LogP contribution < -0.4 is 0 Å². The molecule has 1 aromatic carbocycles. The molecule has 1 aromatic heterocycles. The highest BCUT2D eigenvalue weighted by Gasteiger charge is 2.09. The van der Waals surface area contributed by atoms with Gasteiger partial charge in [0.1, 0.15) is 5.69 Å². The number of nitrogens with zero attached hydrogens (tertiary/aromatic N) is 1. The first kappa shape index (κ1) is 9.98. The number of aromatic nitrogens is 1. The van der Waals surface area contributed by atoms with Crippen LogP contribution >= 0.6 is 15.9 Å². The summed E-state index contributed by atoms with van der Waals surface area (Å²) in [4.78, 5) is 10.9. The van der Waals surface area contributed by atoms with Crippen LogP contribution in [0.2, 0.25) is 0 Å². The summed E-state index contributed by atoms with van der Waals surface area (Å²) >= 11 is 3.33. The normalized spacial score (nSPS) is 10.2. The number of hydrogen-bond donors (Lipinski definition) is 1. The second-order valence-electron chi connectivity index (χ2n) is 3.04. The number of hydrogen-bond acceptors (Lipinski definition) is 1. The van der Waals surface area contributed by atoms with Crippen molar-refractivity contribution in [3.63, 3.8) is 0 Å². The van der Waals surface area contributed by atoms with E-state index in [9.17, 15) is 4.79 Å². The molecule has 76 valence electrons. The predicted octanol–water partition coefficient (Wildman–Crippen LogP) is 2.94. The topological polar surface area (TPSA) is 42.2 Å². The molecule has 3 nitrogen and oxygen atoms in total. The lowest BCUT2D eigenvalue weighted by Gasteiger charge is -2.05. The molecule has 4 heteroatoms. The molecular weight excluding hydrogens is 258 g/mol. The zero-order valence-electron chi connectivity index (χ0n) is 7.72. The van der Waals surface area contributed by atoms with Crippen LogP contribution in [0.25, 0.3) is 5.69 Å². The van der Waals surface area contributed by atoms with Gasteiger partial charge in [0.2, 0.25) is 0 Å². The molecule has 0 radical (unpaired) electrons. The standard InChI is InChI=1S/C11H8BrNO2/c12-8-3-5-9(6-4-8)13-7-1-2-10(13)11(14)15/h1-7H,(H,14,15). The number of carboxylic acids is 1. The van der Waals surface area contributed by atoms with E-state index in [-0.39, 0.29) is 5.69 Å². The molecule has 2 aromatic rings. The Morgan fingerprint density at radius 1 is 1.20 bits per heavy atom. The molecule has 0 atom stereocenters. The molecule has 0 fully saturated rings. The average Bonchev–Trinajstić information content (AvgIpc) is 2.67. The smallest absolute Gasteiger partial charge is 0.352 e. The molecule has 0 aliphatic rings. The van der Waals surface area contributed by atoms with Gasteiger partial charge in [-0.05, 0) is 36.4 Å². The van der Waals surface area contributed by atoms with Crippen LogP contribution in [-0.4, -0.2) is 15.6 Å². The fourth-order valence-electron chi connectivity index (χ4n) is 1.38. The van der Waals surface area contributed by atoms with Gasteiger partial charge in [-0.15, -0.1) is 0 Å². The quantitative estimate of drug-likeness (QED) is 0.908. The lowest BCUT2D eigenvalue weighted by atomic mass is 10.3. The van der Waals surface area contributed by atoms with Crippen LogP contribution in [0.15, 0.2) is 47.1 Å². The predicted molar refractivity (Wildman–Crippen MR) is 60.4 cm³/mol. The van der Waals surface area contributed by atoms with E-state index >= 15 is 0 Å². The molecule has 15 heavy (non-hydrogen) atoms. The van der Waals surface area contributed by atoms with Gasteiger partial charge >= 0.3 is 5.97 Å². The summed E-state index contributed by atoms with van der Waals surface area (Å²) in [5, 5.41) is 8.94. The summed E-state index contributed by atoms with van der Waals surface area (Å²) in [6.07, 6.45) is 1.73. The molecule has 1 heterocycles. The summed E-state index contributed by atoms with van der Waals surface area (Å²) in [6.45, 7) is 0. The SMILES string of the molecule is O=C(O)c1cccn1-c1ccc(Br)cc1. The number of rotatable bonds is 2. The van der Waals surface area contributed by atoms with Crippen LogP contribution in [0, 0.1) is 0 Å². The van der Waals surface area contributed by atoms with Gasteiger partial charge in [0.05, 0.1) is 0 Å². The third-order valence-corrected chi connectivity index (χ3v) is 2.60. The molecule has 0 saturated carbocycles. The fraction of sp³-hybridized carbons (Fsp3) is 0. The molecule has 0 amide bonds. The maximum atomic E-state index is 10.9. The van der Waals surface area contributed by atoms with Crippen molar-refractivity contribution >= 4 is 21.9 Å². The van der Waals surface area contributed by atoms with Crippen LogP contribution in [0.4, 0.5) is 0 Å². The van der Waals surface area contributed by atoms with E-state index in [0.717, 1.165) is 10.2 Å². The maximum Gasteiger partial charge on any atom is 0.352 e. The molecule has 0 unspecified atom stereocenters. The first-order valence-electron chi connectivity index (χ1n) is 4.35. The van der Waals surface area contributed by atoms with Gasteiger partial charge in [-0.3, -0.25) is 0 Å². The zero-order chi connectivity index (χ0) is 10.8. The summed E-state index contributed by atoms with van der Waals surface area (Å²) in [7, 11) is 0.